The van der Waals surface area contributed by atoms with Gasteiger partial charge in [0.05, 0.1) is 18.5 Å². The van der Waals surface area contributed by atoms with Crippen molar-refractivity contribution in [2.24, 2.45) is 7.05 Å². The van der Waals surface area contributed by atoms with Gasteiger partial charge < -0.3 is 9.72 Å². The molecule has 2 aromatic rings. The summed E-state index contributed by atoms with van der Waals surface area (Å²) in [5.41, 5.74) is 1.61. The number of rotatable bonds is 5. The van der Waals surface area contributed by atoms with E-state index in [1.54, 1.807) is 25.6 Å². The summed E-state index contributed by atoms with van der Waals surface area (Å²) in [4.78, 5) is 30.1. The van der Waals surface area contributed by atoms with Crippen LogP contribution in [0.25, 0.3) is 0 Å². The van der Waals surface area contributed by atoms with Crippen LogP contribution < -0.4 is 5.56 Å². The fourth-order valence-electron chi connectivity index (χ4n) is 1.77. The predicted molar refractivity (Wildman–Crippen MR) is 78.3 cm³/mol. The van der Waals surface area contributed by atoms with E-state index < -0.39 is 5.97 Å². The molecule has 2 aromatic heterocycles. The maximum absolute atomic E-state index is 11.8. The minimum Gasteiger partial charge on any atom is -0.462 e. The molecule has 0 bridgehead atoms. The molecule has 1 N–H and O–H groups in total. The molecule has 0 aliphatic rings. The van der Waals surface area contributed by atoms with Gasteiger partial charge in [0, 0.05) is 24.6 Å². The zero-order chi connectivity index (χ0) is 15.4. The molecule has 0 aliphatic heterocycles. The lowest BCUT2D eigenvalue weighted by molar-refractivity contribution is 0.0525. The third-order valence-electron chi connectivity index (χ3n) is 2.75. The second kappa shape index (κ2) is 6.57. The van der Waals surface area contributed by atoms with Crippen molar-refractivity contribution in [2.75, 3.05) is 6.61 Å². The monoisotopic (exact) mass is 308 g/mol. The van der Waals surface area contributed by atoms with Crippen molar-refractivity contribution in [2.45, 2.75) is 24.8 Å². The lowest BCUT2D eigenvalue weighted by Gasteiger charge is -2.06. The van der Waals surface area contributed by atoms with Crippen molar-refractivity contribution in [3.8, 4) is 0 Å². The SMILES string of the molecule is CCOC(=O)c1cnn(C)c1CSc1nc(C)cc(=O)[nH]1. The molecule has 2 heterocycles. The van der Waals surface area contributed by atoms with Crippen LogP contribution in [0.5, 0.6) is 0 Å². The van der Waals surface area contributed by atoms with E-state index in [1.807, 2.05) is 0 Å². The van der Waals surface area contributed by atoms with Crippen molar-refractivity contribution in [3.05, 3.63) is 39.6 Å². The van der Waals surface area contributed by atoms with Crippen molar-refractivity contribution >= 4 is 17.7 Å². The first-order chi connectivity index (χ1) is 10.0. The number of aromatic amines is 1. The normalized spacial score (nSPS) is 10.6. The Kier molecular flexibility index (Phi) is 4.79. The summed E-state index contributed by atoms with van der Waals surface area (Å²) in [6, 6.07) is 1.43. The van der Waals surface area contributed by atoms with Crippen LogP contribution in [-0.2, 0) is 17.5 Å². The van der Waals surface area contributed by atoms with E-state index in [0.717, 1.165) is 5.69 Å². The largest absolute Gasteiger partial charge is 0.462 e. The maximum Gasteiger partial charge on any atom is 0.341 e. The van der Waals surface area contributed by atoms with Gasteiger partial charge in [0.15, 0.2) is 5.16 Å². The summed E-state index contributed by atoms with van der Waals surface area (Å²) in [6.45, 7) is 3.82. The first-order valence-corrected chi connectivity index (χ1v) is 7.38. The maximum atomic E-state index is 11.8. The van der Waals surface area contributed by atoms with Gasteiger partial charge >= 0.3 is 5.97 Å². The fraction of sp³-hybridized carbons (Fsp3) is 0.385. The Balaban J connectivity index is 2.18. The van der Waals surface area contributed by atoms with E-state index in [1.165, 1.54) is 24.0 Å². The third-order valence-corrected chi connectivity index (χ3v) is 3.64. The standard InChI is InChI=1S/C13H16N4O3S/c1-4-20-12(19)9-6-14-17(3)10(9)7-21-13-15-8(2)5-11(18)16-13/h5-6H,4,7H2,1-3H3,(H,15,16,18). The molecule has 0 spiro atoms. The quantitative estimate of drug-likeness (QED) is 0.508. The number of thioether (sulfide) groups is 1. The van der Waals surface area contributed by atoms with Gasteiger partial charge in [0.25, 0.3) is 5.56 Å². The second-order valence-corrected chi connectivity index (χ2v) is 5.29. The summed E-state index contributed by atoms with van der Waals surface area (Å²) < 4.78 is 6.62. The molecular formula is C13H16N4O3S. The Hall–Kier alpha value is -2.09. The highest BCUT2D eigenvalue weighted by molar-refractivity contribution is 7.98. The van der Waals surface area contributed by atoms with Crippen LogP contribution in [0, 0.1) is 6.92 Å². The van der Waals surface area contributed by atoms with Crippen molar-refractivity contribution in [1.29, 1.82) is 0 Å². The van der Waals surface area contributed by atoms with Gasteiger partial charge in [-0.3, -0.25) is 9.48 Å². The van der Waals surface area contributed by atoms with E-state index >= 15 is 0 Å². The Morgan fingerprint density at radius 1 is 1.52 bits per heavy atom. The number of hydrogen-bond donors (Lipinski definition) is 1. The Labute approximate surface area is 125 Å². The summed E-state index contributed by atoms with van der Waals surface area (Å²) in [7, 11) is 1.75. The highest BCUT2D eigenvalue weighted by atomic mass is 32.2. The lowest BCUT2D eigenvalue weighted by Crippen LogP contribution is -2.10. The van der Waals surface area contributed by atoms with Crippen LogP contribution in [0.15, 0.2) is 22.2 Å². The number of esters is 1. The Morgan fingerprint density at radius 3 is 2.95 bits per heavy atom. The highest BCUT2D eigenvalue weighted by Crippen LogP contribution is 2.21. The van der Waals surface area contributed by atoms with Crippen molar-refractivity contribution < 1.29 is 9.53 Å². The average Bonchev–Trinajstić information content (AvgIpc) is 2.77. The van der Waals surface area contributed by atoms with Crippen LogP contribution in [-0.4, -0.2) is 32.3 Å². The minimum atomic E-state index is -0.396. The molecule has 0 radical (unpaired) electrons. The molecule has 0 aromatic carbocycles. The van der Waals surface area contributed by atoms with Gasteiger partial charge in [-0.05, 0) is 13.8 Å². The molecular weight excluding hydrogens is 292 g/mol. The Bertz CT molecular complexity index is 708. The fourth-order valence-corrected chi connectivity index (χ4v) is 2.77. The number of ether oxygens (including phenoxy) is 1. The molecule has 8 heteroatoms. The van der Waals surface area contributed by atoms with Crippen LogP contribution in [0.3, 0.4) is 0 Å². The number of H-pyrrole nitrogens is 1. The number of nitrogens with one attached hydrogen (secondary N) is 1. The zero-order valence-corrected chi connectivity index (χ0v) is 12.9. The van der Waals surface area contributed by atoms with E-state index in [2.05, 4.69) is 15.1 Å². The minimum absolute atomic E-state index is 0.194. The number of carbonyl (C=O) groups excluding carboxylic acids is 1. The molecule has 21 heavy (non-hydrogen) atoms. The van der Waals surface area contributed by atoms with Gasteiger partial charge in [-0.1, -0.05) is 11.8 Å². The molecule has 112 valence electrons. The Morgan fingerprint density at radius 2 is 2.29 bits per heavy atom. The lowest BCUT2D eigenvalue weighted by atomic mass is 10.3. The molecule has 0 amide bonds. The first-order valence-electron chi connectivity index (χ1n) is 6.40. The highest BCUT2D eigenvalue weighted by Gasteiger charge is 2.17. The zero-order valence-electron chi connectivity index (χ0n) is 12.0. The predicted octanol–water partition coefficient (Wildman–Crippen LogP) is 1.28. The first kappa shape index (κ1) is 15.3. The molecule has 7 nitrogen and oxygen atoms in total. The van der Waals surface area contributed by atoms with Gasteiger partial charge in [0.2, 0.25) is 0 Å². The van der Waals surface area contributed by atoms with Gasteiger partial charge in [-0.25, -0.2) is 9.78 Å². The third kappa shape index (κ3) is 3.72. The summed E-state index contributed by atoms with van der Waals surface area (Å²) in [5, 5.41) is 4.59. The molecule has 0 unspecified atom stereocenters. The number of aryl methyl sites for hydroxylation is 2. The molecule has 0 atom stereocenters. The molecule has 0 fully saturated rings. The van der Waals surface area contributed by atoms with E-state index in [4.69, 9.17) is 4.74 Å². The van der Waals surface area contributed by atoms with Crippen LogP contribution in [0.1, 0.15) is 28.7 Å². The van der Waals surface area contributed by atoms with Gasteiger partial charge in [0.1, 0.15) is 5.56 Å². The van der Waals surface area contributed by atoms with Crippen LogP contribution in [0.2, 0.25) is 0 Å². The van der Waals surface area contributed by atoms with Gasteiger partial charge in [-0.15, -0.1) is 0 Å². The molecule has 2 rings (SSSR count). The molecule has 0 aliphatic carbocycles. The second-order valence-electron chi connectivity index (χ2n) is 4.33. The number of nitrogens with zero attached hydrogens (tertiary/aromatic N) is 3. The molecule has 0 saturated carbocycles. The van der Waals surface area contributed by atoms with Crippen LogP contribution in [0.4, 0.5) is 0 Å². The summed E-state index contributed by atoms with van der Waals surface area (Å²) >= 11 is 1.34. The van der Waals surface area contributed by atoms with E-state index in [9.17, 15) is 9.59 Å². The van der Waals surface area contributed by atoms with E-state index in [0.29, 0.717) is 28.8 Å². The van der Waals surface area contributed by atoms with Gasteiger partial charge in [-0.2, -0.15) is 5.10 Å². The average molecular weight is 308 g/mol. The smallest absolute Gasteiger partial charge is 0.341 e. The van der Waals surface area contributed by atoms with Crippen molar-refractivity contribution in [3.63, 3.8) is 0 Å². The summed E-state index contributed by atoms with van der Waals surface area (Å²) in [6.07, 6.45) is 1.49. The van der Waals surface area contributed by atoms with E-state index in [-0.39, 0.29) is 5.56 Å². The number of hydrogen-bond acceptors (Lipinski definition) is 6. The topological polar surface area (TPSA) is 89.9 Å². The van der Waals surface area contributed by atoms with Crippen molar-refractivity contribution in [1.82, 2.24) is 19.7 Å². The molecule has 0 saturated heterocycles. The number of aromatic nitrogens is 4. The number of carbonyl (C=O) groups is 1. The summed E-state index contributed by atoms with van der Waals surface area (Å²) in [5.74, 6) is 0.0590. The van der Waals surface area contributed by atoms with Crippen LogP contribution >= 0.6 is 11.8 Å².